The number of hydrogen-bond acceptors (Lipinski definition) is 2. The lowest BCUT2D eigenvalue weighted by atomic mass is 9.77. The number of benzene rings is 1. The monoisotopic (exact) mass is 243 g/mol. The average Bonchev–Trinajstić information content (AvgIpc) is 2.41. The van der Waals surface area contributed by atoms with Gasteiger partial charge in [-0.25, -0.2) is 4.79 Å². The van der Waals surface area contributed by atoms with Crippen LogP contribution in [0.15, 0.2) is 29.3 Å². The summed E-state index contributed by atoms with van der Waals surface area (Å²) in [5.74, 6) is 1.65. The Bertz CT molecular complexity index is 409. The molecule has 0 bridgehead atoms. The first-order chi connectivity index (χ1) is 8.83. The third-order valence-electron chi connectivity index (χ3n) is 4.08. The third kappa shape index (κ3) is 3.30. The SMILES string of the molecule is CCC[C@H]1CC[C@H](c2ccc(N=C=O)cc2)CC1. The summed E-state index contributed by atoms with van der Waals surface area (Å²) in [6.45, 7) is 2.28. The highest BCUT2D eigenvalue weighted by molar-refractivity contribution is 5.49. The molecule has 2 heteroatoms. The number of nitrogens with zero attached hydrogens (tertiary/aromatic N) is 1. The quantitative estimate of drug-likeness (QED) is 0.555. The highest BCUT2D eigenvalue weighted by Gasteiger charge is 2.21. The van der Waals surface area contributed by atoms with Crippen LogP contribution in [0.4, 0.5) is 5.69 Å². The van der Waals surface area contributed by atoms with Crippen LogP contribution in [0.2, 0.25) is 0 Å². The fourth-order valence-electron chi connectivity index (χ4n) is 3.07. The van der Waals surface area contributed by atoms with Gasteiger partial charge in [0.05, 0.1) is 5.69 Å². The van der Waals surface area contributed by atoms with Crippen molar-refractivity contribution < 1.29 is 4.79 Å². The molecule has 1 aromatic carbocycles. The molecule has 2 rings (SSSR count). The first kappa shape index (κ1) is 13.0. The van der Waals surface area contributed by atoms with Crippen LogP contribution in [0.5, 0.6) is 0 Å². The predicted octanol–water partition coefficient (Wildman–Crippen LogP) is 4.73. The van der Waals surface area contributed by atoms with E-state index in [1.54, 1.807) is 6.08 Å². The van der Waals surface area contributed by atoms with Crippen molar-refractivity contribution in [3.05, 3.63) is 29.8 Å². The van der Waals surface area contributed by atoms with E-state index in [1.807, 2.05) is 12.1 Å². The maximum atomic E-state index is 10.2. The predicted molar refractivity (Wildman–Crippen MR) is 73.8 cm³/mol. The Balaban J connectivity index is 1.94. The van der Waals surface area contributed by atoms with Crippen molar-refractivity contribution in [2.24, 2.45) is 10.9 Å². The minimum atomic E-state index is 0.701. The van der Waals surface area contributed by atoms with Crippen LogP contribution in [0.25, 0.3) is 0 Å². The molecule has 96 valence electrons. The second-order valence-electron chi connectivity index (χ2n) is 5.30. The number of carbonyl (C=O) groups excluding carboxylic acids is 1. The molecule has 18 heavy (non-hydrogen) atoms. The zero-order valence-corrected chi connectivity index (χ0v) is 11.1. The number of isocyanates is 1. The van der Waals surface area contributed by atoms with Crippen molar-refractivity contribution >= 4 is 11.8 Å². The van der Waals surface area contributed by atoms with Gasteiger partial charge in [0.2, 0.25) is 6.08 Å². The zero-order valence-electron chi connectivity index (χ0n) is 11.1. The molecule has 2 nitrogen and oxygen atoms in total. The van der Waals surface area contributed by atoms with E-state index in [2.05, 4.69) is 24.0 Å². The van der Waals surface area contributed by atoms with E-state index in [1.165, 1.54) is 44.1 Å². The number of rotatable bonds is 4. The molecule has 0 radical (unpaired) electrons. The molecule has 0 spiro atoms. The van der Waals surface area contributed by atoms with Gasteiger partial charge < -0.3 is 0 Å². The van der Waals surface area contributed by atoms with Crippen LogP contribution < -0.4 is 0 Å². The zero-order chi connectivity index (χ0) is 12.8. The van der Waals surface area contributed by atoms with E-state index in [0.717, 1.165) is 5.92 Å². The van der Waals surface area contributed by atoms with Gasteiger partial charge in [-0.3, -0.25) is 0 Å². The average molecular weight is 243 g/mol. The lowest BCUT2D eigenvalue weighted by Gasteiger charge is -2.28. The standard InChI is InChI=1S/C16H21NO/c1-2-3-13-4-6-14(7-5-13)15-8-10-16(11-9-15)17-12-18/h8-11,13-14H,2-7H2,1H3/t13-,14-. The highest BCUT2D eigenvalue weighted by Crippen LogP contribution is 2.37. The van der Waals surface area contributed by atoms with Gasteiger partial charge in [-0.1, -0.05) is 31.9 Å². The smallest absolute Gasteiger partial charge is 0.211 e. The van der Waals surface area contributed by atoms with Crippen molar-refractivity contribution in [3.63, 3.8) is 0 Å². The van der Waals surface area contributed by atoms with Gasteiger partial charge in [0.1, 0.15) is 0 Å². The van der Waals surface area contributed by atoms with Crippen molar-refractivity contribution in [2.75, 3.05) is 0 Å². The van der Waals surface area contributed by atoms with Crippen LogP contribution in [-0.4, -0.2) is 6.08 Å². The molecule has 0 N–H and O–H groups in total. The summed E-state index contributed by atoms with van der Waals surface area (Å²) in [5, 5.41) is 0. The van der Waals surface area contributed by atoms with Crippen LogP contribution in [0.3, 0.4) is 0 Å². The summed E-state index contributed by atoms with van der Waals surface area (Å²) in [7, 11) is 0. The third-order valence-corrected chi connectivity index (χ3v) is 4.08. The second-order valence-corrected chi connectivity index (χ2v) is 5.30. The molecule has 1 saturated carbocycles. The first-order valence-electron chi connectivity index (χ1n) is 7.01. The van der Waals surface area contributed by atoms with Gasteiger partial charge in [-0.05, 0) is 55.2 Å². The molecule has 0 unspecified atom stereocenters. The normalized spacial score (nSPS) is 23.4. The number of aliphatic imine (C=N–C) groups is 1. The lowest BCUT2D eigenvalue weighted by molar-refractivity contribution is 0.308. The molecule has 0 atom stereocenters. The van der Waals surface area contributed by atoms with Crippen molar-refractivity contribution in [1.82, 2.24) is 0 Å². The second kappa shape index (κ2) is 6.51. The Morgan fingerprint density at radius 2 is 1.83 bits per heavy atom. The van der Waals surface area contributed by atoms with Gasteiger partial charge in [-0.2, -0.15) is 4.99 Å². The molecule has 0 aliphatic heterocycles. The molecular formula is C16H21NO. The Labute approximate surface area is 109 Å². The summed E-state index contributed by atoms with van der Waals surface area (Å²) >= 11 is 0. The molecule has 0 aromatic heterocycles. The van der Waals surface area contributed by atoms with Crippen LogP contribution in [0.1, 0.15) is 56.9 Å². The van der Waals surface area contributed by atoms with Gasteiger partial charge in [-0.15, -0.1) is 0 Å². The Morgan fingerprint density at radius 1 is 1.17 bits per heavy atom. The summed E-state index contributed by atoms with van der Waals surface area (Å²) < 4.78 is 0. The van der Waals surface area contributed by atoms with E-state index in [0.29, 0.717) is 11.6 Å². The summed E-state index contributed by atoms with van der Waals surface area (Å²) in [6, 6.07) is 8.05. The fourth-order valence-corrected chi connectivity index (χ4v) is 3.07. The van der Waals surface area contributed by atoms with Crippen LogP contribution >= 0.6 is 0 Å². The number of hydrogen-bond donors (Lipinski definition) is 0. The largest absolute Gasteiger partial charge is 0.240 e. The maximum absolute atomic E-state index is 10.2. The van der Waals surface area contributed by atoms with Crippen molar-refractivity contribution in [1.29, 1.82) is 0 Å². The molecule has 0 heterocycles. The molecule has 0 saturated heterocycles. The Morgan fingerprint density at radius 3 is 2.39 bits per heavy atom. The van der Waals surface area contributed by atoms with E-state index >= 15 is 0 Å². The van der Waals surface area contributed by atoms with Gasteiger partial charge in [0.25, 0.3) is 0 Å². The van der Waals surface area contributed by atoms with E-state index in [-0.39, 0.29) is 0 Å². The Hall–Kier alpha value is -1.40. The van der Waals surface area contributed by atoms with Crippen molar-refractivity contribution in [3.8, 4) is 0 Å². The van der Waals surface area contributed by atoms with Crippen molar-refractivity contribution in [2.45, 2.75) is 51.4 Å². The first-order valence-corrected chi connectivity index (χ1v) is 7.01. The lowest BCUT2D eigenvalue weighted by Crippen LogP contribution is -2.13. The molecule has 1 fully saturated rings. The minimum absolute atomic E-state index is 0.701. The molecule has 1 aliphatic rings. The van der Waals surface area contributed by atoms with E-state index in [9.17, 15) is 4.79 Å². The fraction of sp³-hybridized carbons (Fsp3) is 0.562. The Kier molecular flexibility index (Phi) is 4.72. The molecule has 1 aromatic rings. The van der Waals surface area contributed by atoms with Gasteiger partial charge >= 0.3 is 0 Å². The summed E-state index contributed by atoms with van der Waals surface area (Å²) in [6.07, 6.45) is 9.63. The van der Waals surface area contributed by atoms with Crippen LogP contribution in [0, 0.1) is 5.92 Å². The summed E-state index contributed by atoms with van der Waals surface area (Å²) in [5.41, 5.74) is 2.10. The highest BCUT2D eigenvalue weighted by atomic mass is 16.1. The van der Waals surface area contributed by atoms with Crippen LogP contribution in [-0.2, 0) is 4.79 Å². The minimum Gasteiger partial charge on any atom is -0.211 e. The van der Waals surface area contributed by atoms with E-state index in [4.69, 9.17) is 0 Å². The van der Waals surface area contributed by atoms with E-state index < -0.39 is 0 Å². The molecule has 0 amide bonds. The maximum Gasteiger partial charge on any atom is 0.240 e. The summed E-state index contributed by atoms with van der Waals surface area (Å²) in [4.78, 5) is 13.8. The molecular weight excluding hydrogens is 222 g/mol. The van der Waals surface area contributed by atoms with Gasteiger partial charge in [0.15, 0.2) is 0 Å². The van der Waals surface area contributed by atoms with Gasteiger partial charge in [0, 0.05) is 0 Å². The topological polar surface area (TPSA) is 29.4 Å². The molecule has 1 aliphatic carbocycles.